The van der Waals surface area contributed by atoms with Gasteiger partial charge in [0.15, 0.2) is 11.5 Å². The highest BCUT2D eigenvalue weighted by Gasteiger charge is 2.13. The molecule has 0 fully saturated rings. The molecule has 1 aliphatic rings. The zero-order valence-corrected chi connectivity index (χ0v) is 15.9. The highest BCUT2D eigenvalue weighted by molar-refractivity contribution is 6.31. The lowest BCUT2D eigenvalue weighted by Crippen LogP contribution is -2.15. The van der Waals surface area contributed by atoms with E-state index in [1.165, 1.54) is 0 Å². The van der Waals surface area contributed by atoms with Crippen LogP contribution in [0.25, 0.3) is 0 Å². The van der Waals surface area contributed by atoms with E-state index in [2.05, 4.69) is 15.6 Å². The molecule has 0 atom stereocenters. The summed E-state index contributed by atoms with van der Waals surface area (Å²) in [7, 11) is 0. The van der Waals surface area contributed by atoms with Crippen LogP contribution < -0.4 is 20.1 Å². The molecule has 0 saturated heterocycles. The number of nitrogens with zero attached hydrogens (tertiary/aromatic N) is 1. The number of nitrogens with one attached hydrogen (secondary N) is 2. The van der Waals surface area contributed by atoms with Gasteiger partial charge in [-0.2, -0.15) is 0 Å². The number of rotatable bonds is 4. The summed E-state index contributed by atoms with van der Waals surface area (Å²) in [5, 5.41) is 6.66. The zero-order valence-electron chi connectivity index (χ0n) is 15.2. The number of hydrogen-bond donors (Lipinski definition) is 2. The van der Waals surface area contributed by atoms with Crippen molar-refractivity contribution in [3.05, 3.63) is 71.0 Å². The van der Waals surface area contributed by atoms with Crippen molar-refractivity contribution in [2.45, 2.75) is 6.92 Å². The molecule has 2 aromatic carbocycles. The number of carbonyl (C=O) groups excluding carboxylic acids is 1. The molecule has 142 valence electrons. The second-order valence-corrected chi connectivity index (χ2v) is 6.76. The molecule has 4 rings (SSSR count). The maximum Gasteiger partial charge on any atom is 0.274 e. The zero-order chi connectivity index (χ0) is 19.5. The third-order valence-electron chi connectivity index (χ3n) is 4.27. The molecule has 28 heavy (non-hydrogen) atoms. The summed E-state index contributed by atoms with van der Waals surface area (Å²) in [6, 6.07) is 14.4. The Balaban J connectivity index is 1.51. The fourth-order valence-corrected chi connectivity index (χ4v) is 3.01. The lowest BCUT2D eigenvalue weighted by molar-refractivity contribution is 0.102. The van der Waals surface area contributed by atoms with Crippen LogP contribution in [0, 0.1) is 6.92 Å². The van der Waals surface area contributed by atoms with E-state index in [0.29, 0.717) is 35.4 Å². The van der Waals surface area contributed by atoms with E-state index in [1.54, 1.807) is 30.5 Å². The summed E-state index contributed by atoms with van der Waals surface area (Å²) < 4.78 is 11.1. The predicted molar refractivity (Wildman–Crippen MR) is 109 cm³/mol. The molecule has 0 spiro atoms. The molecule has 2 N–H and O–H groups in total. The van der Waals surface area contributed by atoms with Gasteiger partial charge in [-0.15, -0.1) is 0 Å². The fourth-order valence-electron chi connectivity index (χ4n) is 2.84. The third-order valence-corrected chi connectivity index (χ3v) is 4.51. The first-order chi connectivity index (χ1) is 13.6. The molecule has 0 radical (unpaired) electrons. The molecule has 0 bridgehead atoms. The van der Waals surface area contributed by atoms with E-state index < -0.39 is 0 Å². The summed E-state index contributed by atoms with van der Waals surface area (Å²) in [5.41, 5.74) is 3.43. The van der Waals surface area contributed by atoms with Gasteiger partial charge in [0, 0.05) is 34.3 Å². The molecule has 0 saturated carbocycles. The number of amides is 1. The van der Waals surface area contributed by atoms with Gasteiger partial charge in [-0.1, -0.05) is 17.7 Å². The minimum absolute atomic E-state index is 0.293. The summed E-state index contributed by atoms with van der Waals surface area (Å²) in [4.78, 5) is 16.8. The van der Waals surface area contributed by atoms with E-state index in [0.717, 1.165) is 22.7 Å². The molecule has 0 aliphatic carbocycles. The molecule has 7 heteroatoms. The lowest BCUT2D eigenvalue weighted by Gasteiger charge is -2.19. The van der Waals surface area contributed by atoms with Crippen LogP contribution in [-0.4, -0.2) is 24.1 Å². The molecular weight excluding hydrogens is 378 g/mol. The van der Waals surface area contributed by atoms with Crippen molar-refractivity contribution in [3.63, 3.8) is 0 Å². The predicted octanol–water partition coefficient (Wildman–Crippen LogP) is 4.81. The van der Waals surface area contributed by atoms with Gasteiger partial charge in [-0.3, -0.25) is 9.78 Å². The molecule has 1 amide bonds. The van der Waals surface area contributed by atoms with Crippen LogP contribution in [-0.2, 0) is 0 Å². The van der Waals surface area contributed by atoms with Crippen molar-refractivity contribution < 1.29 is 14.3 Å². The van der Waals surface area contributed by atoms with Crippen LogP contribution in [0.3, 0.4) is 0 Å². The summed E-state index contributed by atoms with van der Waals surface area (Å²) in [6.07, 6.45) is 1.58. The summed E-state index contributed by atoms with van der Waals surface area (Å²) >= 11 is 6.02. The number of aryl methyl sites for hydroxylation is 1. The smallest absolute Gasteiger partial charge is 0.274 e. The average Bonchev–Trinajstić information content (AvgIpc) is 2.71. The molecule has 1 aromatic heterocycles. The number of carbonyl (C=O) groups is 1. The number of ether oxygens (including phenoxy) is 2. The van der Waals surface area contributed by atoms with Crippen molar-refractivity contribution in [1.82, 2.24) is 4.98 Å². The molecule has 0 unspecified atom stereocenters. The Labute approximate surface area is 167 Å². The number of hydrogen-bond acceptors (Lipinski definition) is 5. The standard InChI is InChI=1S/C21H18ClN3O3/c1-13-2-3-14(22)10-17(13)25-21(26)18-11-16(6-7-23-18)24-15-4-5-19-20(12-15)28-9-8-27-19/h2-7,10-12H,8-9H2,1H3,(H,23,24)(H,25,26). The second kappa shape index (κ2) is 7.78. The van der Waals surface area contributed by atoms with Crippen LogP contribution in [0.4, 0.5) is 17.1 Å². The van der Waals surface area contributed by atoms with Gasteiger partial charge < -0.3 is 20.1 Å². The number of anilines is 3. The minimum Gasteiger partial charge on any atom is -0.486 e. The van der Waals surface area contributed by atoms with Crippen LogP contribution in [0.5, 0.6) is 11.5 Å². The lowest BCUT2D eigenvalue weighted by atomic mass is 10.2. The Morgan fingerprint density at radius 3 is 2.64 bits per heavy atom. The van der Waals surface area contributed by atoms with Crippen LogP contribution in [0.1, 0.15) is 16.1 Å². The number of aromatic nitrogens is 1. The van der Waals surface area contributed by atoms with Crippen molar-refractivity contribution in [2.75, 3.05) is 23.8 Å². The van der Waals surface area contributed by atoms with Gasteiger partial charge in [0.2, 0.25) is 0 Å². The van der Waals surface area contributed by atoms with E-state index >= 15 is 0 Å². The summed E-state index contributed by atoms with van der Waals surface area (Å²) in [5.74, 6) is 1.11. The van der Waals surface area contributed by atoms with Gasteiger partial charge in [-0.25, -0.2) is 0 Å². The maximum atomic E-state index is 12.6. The van der Waals surface area contributed by atoms with Gasteiger partial charge in [-0.05, 0) is 48.9 Å². The Bertz CT molecular complexity index is 1040. The van der Waals surface area contributed by atoms with Crippen LogP contribution in [0.2, 0.25) is 5.02 Å². The largest absolute Gasteiger partial charge is 0.486 e. The third kappa shape index (κ3) is 4.02. The molecular formula is C21H18ClN3O3. The Morgan fingerprint density at radius 1 is 1.00 bits per heavy atom. The van der Waals surface area contributed by atoms with E-state index in [9.17, 15) is 4.79 Å². The molecule has 1 aliphatic heterocycles. The van der Waals surface area contributed by atoms with Crippen LogP contribution in [0.15, 0.2) is 54.7 Å². The van der Waals surface area contributed by atoms with E-state index in [1.807, 2.05) is 31.2 Å². The Morgan fingerprint density at radius 2 is 1.79 bits per heavy atom. The number of benzene rings is 2. The van der Waals surface area contributed by atoms with Crippen molar-refractivity contribution in [2.24, 2.45) is 0 Å². The highest BCUT2D eigenvalue weighted by atomic mass is 35.5. The first-order valence-corrected chi connectivity index (χ1v) is 9.16. The van der Waals surface area contributed by atoms with Gasteiger partial charge >= 0.3 is 0 Å². The number of halogens is 1. The maximum absolute atomic E-state index is 12.6. The van der Waals surface area contributed by atoms with Crippen molar-refractivity contribution >= 4 is 34.6 Å². The van der Waals surface area contributed by atoms with Crippen molar-refractivity contribution in [1.29, 1.82) is 0 Å². The van der Waals surface area contributed by atoms with Gasteiger partial charge in [0.25, 0.3) is 5.91 Å². The number of pyridine rings is 1. The monoisotopic (exact) mass is 395 g/mol. The quantitative estimate of drug-likeness (QED) is 0.663. The van der Waals surface area contributed by atoms with E-state index in [-0.39, 0.29) is 5.91 Å². The van der Waals surface area contributed by atoms with Gasteiger partial charge in [0.05, 0.1) is 0 Å². The number of fused-ring (bicyclic) bond motifs is 1. The minimum atomic E-state index is -0.309. The Hall–Kier alpha value is -3.25. The van der Waals surface area contributed by atoms with Gasteiger partial charge in [0.1, 0.15) is 18.9 Å². The Kier molecular flexibility index (Phi) is 5.04. The molecule has 3 aromatic rings. The summed E-state index contributed by atoms with van der Waals surface area (Å²) in [6.45, 7) is 2.98. The SMILES string of the molecule is Cc1ccc(Cl)cc1NC(=O)c1cc(Nc2ccc3c(c2)OCCO3)ccn1. The average molecular weight is 396 g/mol. The second-order valence-electron chi connectivity index (χ2n) is 6.33. The molecule has 6 nitrogen and oxygen atoms in total. The molecule has 2 heterocycles. The normalized spacial score (nSPS) is 12.4. The topological polar surface area (TPSA) is 72.5 Å². The van der Waals surface area contributed by atoms with E-state index in [4.69, 9.17) is 21.1 Å². The first-order valence-electron chi connectivity index (χ1n) is 8.79. The fraction of sp³-hybridized carbons (Fsp3) is 0.143. The van der Waals surface area contributed by atoms with Crippen LogP contribution >= 0.6 is 11.6 Å². The van der Waals surface area contributed by atoms with Crippen molar-refractivity contribution in [3.8, 4) is 11.5 Å². The first kappa shape index (κ1) is 18.1. The highest BCUT2D eigenvalue weighted by Crippen LogP contribution is 2.33.